The summed E-state index contributed by atoms with van der Waals surface area (Å²) in [6.45, 7) is 7.98. The van der Waals surface area contributed by atoms with Gasteiger partial charge in [-0.25, -0.2) is 0 Å². The molecule has 0 aliphatic heterocycles. The van der Waals surface area contributed by atoms with E-state index in [1.807, 2.05) is 64.1 Å². The van der Waals surface area contributed by atoms with Crippen molar-refractivity contribution in [3.05, 3.63) is 65.2 Å². The number of rotatable bonds is 8. The van der Waals surface area contributed by atoms with Crippen molar-refractivity contribution in [1.82, 2.24) is 25.5 Å². The monoisotopic (exact) mass is 409 g/mol. The van der Waals surface area contributed by atoms with Gasteiger partial charge in [-0.15, -0.1) is 5.10 Å². The van der Waals surface area contributed by atoms with Crippen LogP contribution in [-0.2, 0) is 11.2 Å². The van der Waals surface area contributed by atoms with Crippen LogP contribution in [0.1, 0.15) is 37.0 Å². The standard InChI is InChI=1S/C22H27N5OS/c1-15-9-8-10-16(2)20(15)27-22(24-25-26-27)29-18(4)21(28)23-17(3)13-14-19-11-6-5-7-12-19/h5-12,17-18H,13-14H2,1-4H3,(H,23,28)/t17-,18-/m0/s1. The summed E-state index contributed by atoms with van der Waals surface area (Å²) in [5, 5.41) is 15.5. The average Bonchev–Trinajstić information content (AvgIpc) is 3.14. The van der Waals surface area contributed by atoms with Gasteiger partial charge in [0.25, 0.3) is 0 Å². The first kappa shape index (κ1) is 21.0. The number of aryl methyl sites for hydroxylation is 3. The Labute approximate surface area is 176 Å². The number of nitrogens with one attached hydrogen (secondary N) is 1. The fourth-order valence-electron chi connectivity index (χ4n) is 3.20. The van der Waals surface area contributed by atoms with Crippen molar-refractivity contribution < 1.29 is 4.79 Å². The third-order valence-electron chi connectivity index (χ3n) is 4.84. The summed E-state index contributed by atoms with van der Waals surface area (Å²) in [5.74, 6) is -0.00776. The Bertz CT molecular complexity index is 937. The molecule has 1 heterocycles. The first-order valence-electron chi connectivity index (χ1n) is 9.81. The van der Waals surface area contributed by atoms with E-state index >= 15 is 0 Å². The molecule has 0 fully saturated rings. The first-order chi connectivity index (χ1) is 14.0. The predicted octanol–water partition coefficient (Wildman–Crippen LogP) is 3.90. The van der Waals surface area contributed by atoms with E-state index in [0.29, 0.717) is 5.16 Å². The minimum absolute atomic E-state index is 0.00776. The molecule has 7 heteroatoms. The van der Waals surface area contributed by atoms with Crippen molar-refractivity contribution in [2.24, 2.45) is 0 Å². The van der Waals surface area contributed by atoms with Crippen molar-refractivity contribution in [1.29, 1.82) is 0 Å². The highest BCUT2D eigenvalue weighted by molar-refractivity contribution is 8.00. The molecule has 29 heavy (non-hydrogen) atoms. The Balaban J connectivity index is 1.60. The van der Waals surface area contributed by atoms with Crippen molar-refractivity contribution >= 4 is 17.7 Å². The molecule has 0 bridgehead atoms. The van der Waals surface area contributed by atoms with Gasteiger partial charge in [0, 0.05) is 6.04 Å². The van der Waals surface area contributed by atoms with Crippen LogP contribution < -0.4 is 5.32 Å². The molecule has 3 aromatic rings. The van der Waals surface area contributed by atoms with Crippen molar-refractivity contribution in [3.8, 4) is 5.69 Å². The summed E-state index contributed by atoms with van der Waals surface area (Å²) in [4.78, 5) is 12.7. The lowest BCUT2D eigenvalue weighted by Crippen LogP contribution is -2.38. The highest BCUT2D eigenvalue weighted by Crippen LogP contribution is 2.26. The fraction of sp³-hybridized carbons (Fsp3) is 0.364. The third-order valence-corrected chi connectivity index (χ3v) is 5.87. The number of hydrogen-bond donors (Lipinski definition) is 1. The molecule has 0 unspecified atom stereocenters. The van der Waals surface area contributed by atoms with Crippen LogP contribution in [0.5, 0.6) is 0 Å². The normalized spacial score (nSPS) is 13.1. The Hall–Kier alpha value is -2.67. The number of thioether (sulfide) groups is 1. The van der Waals surface area contributed by atoms with Gasteiger partial charge in [0.1, 0.15) is 0 Å². The Morgan fingerprint density at radius 3 is 2.45 bits per heavy atom. The zero-order valence-electron chi connectivity index (χ0n) is 17.3. The number of carbonyl (C=O) groups is 1. The van der Waals surface area contributed by atoms with Crippen LogP contribution in [0.25, 0.3) is 5.69 Å². The van der Waals surface area contributed by atoms with Gasteiger partial charge < -0.3 is 5.32 Å². The van der Waals surface area contributed by atoms with Gasteiger partial charge >= 0.3 is 0 Å². The second-order valence-corrected chi connectivity index (χ2v) is 8.62. The summed E-state index contributed by atoms with van der Waals surface area (Å²) in [6, 6.07) is 16.5. The Morgan fingerprint density at radius 2 is 1.76 bits per heavy atom. The van der Waals surface area contributed by atoms with Crippen LogP contribution in [0, 0.1) is 13.8 Å². The molecular formula is C22H27N5OS. The number of hydrogen-bond acceptors (Lipinski definition) is 5. The van der Waals surface area contributed by atoms with Crippen LogP contribution >= 0.6 is 11.8 Å². The van der Waals surface area contributed by atoms with E-state index in [2.05, 4.69) is 33.0 Å². The number of tetrazole rings is 1. The number of nitrogens with zero attached hydrogens (tertiary/aromatic N) is 4. The van der Waals surface area contributed by atoms with E-state index < -0.39 is 0 Å². The van der Waals surface area contributed by atoms with Crippen molar-refractivity contribution in [2.45, 2.75) is 57.0 Å². The van der Waals surface area contributed by atoms with Crippen LogP contribution in [0.4, 0.5) is 0 Å². The van der Waals surface area contributed by atoms with E-state index in [-0.39, 0.29) is 17.2 Å². The maximum atomic E-state index is 12.7. The summed E-state index contributed by atoms with van der Waals surface area (Å²) in [6.07, 6.45) is 1.84. The molecule has 1 N–H and O–H groups in total. The van der Waals surface area contributed by atoms with E-state index in [4.69, 9.17) is 0 Å². The van der Waals surface area contributed by atoms with Crippen LogP contribution in [0.3, 0.4) is 0 Å². The van der Waals surface area contributed by atoms with E-state index in [1.165, 1.54) is 17.3 Å². The lowest BCUT2D eigenvalue weighted by atomic mass is 10.1. The number of benzene rings is 2. The van der Waals surface area contributed by atoms with E-state index in [1.54, 1.807) is 4.68 Å². The summed E-state index contributed by atoms with van der Waals surface area (Å²) < 4.78 is 1.72. The SMILES string of the molecule is Cc1cccc(C)c1-n1nnnc1S[C@@H](C)C(=O)N[C@@H](C)CCc1ccccc1. The molecule has 0 aliphatic rings. The topological polar surface area (TPSA) is 72.7 Å². The first-order valence-corrected chi connectivity index (χ1v) is 10.7. The second-order valence-electron chi connectivity index (χ2n) is 7.31. The molecule has 0 radical (unpaired) electrons. The number of carbonyl (C=O) groups excluding carboxylic acids is 1. The van der Waals surface area contributed by atoms with Gasteiger partial charge in [0.15, 0.2) is 0 Å². The molecule has 1 amide bonds. The molecule has 2 aromatic carbocycles. The van der Waals surface area contributed by atoms with E-state index in [0.717, 1.165) is 29.7 Å². The number of amides is 1. The maximum Gasteiger partial charge on any atom is 0.233 e. The van der Waals surface area contributed by atoms with Gasteiger partial charge in [-0.2, -0.15) is 4.68 Å². The fourth-order valence-corrected chi connectivity index (χ4v) is 4.01. The van der Waals surface area contributed by atoms with Crippen LogP contribution in [-0.4, -0.2) is 37.4 Å². The minimum atomic E-state index is -0.303. The Kier molecular flexibility index (Phi) is 7.04. The van der Waals surface area contributed by atoms with Gasteiger partial charge in [-0.05, 0) is 67.7 Å². The predicted molar refractivity (Wildman–Crippen MR) is 116 cm³/mol. The van der Waals surface area contributed by atoms with Gasteiger partial charge in [-0.1, -0.05) is 60.3 Å². The molecular weight excluding hydrogens is 382 g/mol. The molecule has 1 aromatic heterocycles. The third kappa shape index (κ3) is 5.44. The second kappa shape index (κ2) is 9.69. The lowest BCUT2D eigenvalue weighted by Gasteiger charge is -2.17. The molecule has 0 saturated heterocycles. The molecule has 0 spiro atoms. The lowest BCUT2D eigenvalue weighted by molar-refractivity contribution is -0.120. The van der Waals surface area contributed by atoms with Crippen LogP contribution in [0.2, 0.25) is 0 Å². The minimum Gasteiger partial charge on any atom is -0.353 e. The summed E-state index contributed by atoms with van der Waals surface area (Å²) in [7, 11) is 0. The average molecular weight is 410 g/mol. The van der Waals surface area contributed by atoms with Gasteiger partial charge in [0.05, 0.1) is 10.9 Å². The summed E-state index contributed by atoms with van der Waals surface area (Å²) in [5.41, 5.74) is 4.42. The zero-order chi connectivity index (χ0) is 20.8. The van der Waals surface area contributed by atoms with E-state index in [9.17, 15) is 4.79 Å². The molecule has 3 rings (SSSR count). The molecule has 0 saturated carbocycles. The summed E-state index contributed by atoms with van der Waals surface area (Å²) >= 11 is 1.37. The van der Waals surface area contributed by atoms with Crippen molar-refractivity contribution in [2.75, 3.05) is 0 Å². The number of aromatic nitrogens is 4. The highest BCUT2D eigenvalue weighted by atomic mass is 32.2. The smallest absolute Gasteiger partial charge is 0.233 e. The number of para-hydroxylation sites is 1. The molecule has 6 nitrogen and oxygen atoms in total. The maximum absolute atomic E-state index is 12.7. The molecule has 0 aliphatic carbocycles. The van der Waals surface area contributed by atoms with Gasteiger partial charge in [0.2, 0.25) is 11.1 Å². The van der Waals surface area contributed by atoms with Gasteiger partial charge in [-0.3, -0.25) is 4.79 Å². The zero-order valence-corrected chi connectivity index (χ0v) is 18.1. The molecule has 152 valence electrons. The molecule has 2 atom stereocenters. The quantitative estimate of drug-likeness (QED) is 0.571. The van der Waals surface area contributed by atoms with Crippen LogP contribution in [0.15, 0.2) is 53.7 Å². The highest BCUT2D eigenvalue weighted by Gasteiger charge is 2.21. The Morgan fingerprint density at radius 1 is 1.07 bits per heavy atom. The van der Waals surface area contributed by atoms with Crippen molar-refractivity contribution in [3.63, 3.8) is 0 Å². The largest absolute Gasteiger partial charge is 0.353 e.